The molecule has 0 bridgehead atoms. The van der Waals surface area contributed by atoms with Crippen LogP contribution >= 0.6 is 0 Å². The zero-order chi connectivity index (χ0) is 9.97. The molecule has 0 amide bonds. The minimum atomic E-state index is 0.156. The number of aryl methyl sites for hydroxylation is 1. The lowest BCUT2D eigenvalue weighted by Gasteiger charge is -2.00. The second-order valence-corrected chi connectivity index (χ2v) is 3.32. The lowest BCUT2D eigenvalue weighted by atomic mass is 10.2. The van der Waals surface area contributed by atoms with E-state index in [2.05, 4.69) is 22.0 Å². The molecule has 1 aromatic carbocycles. The summed E-state index contributed by atoms with van der Waals surface area (Å²) >= 11 is 0. The van der Waals surface area contributed by atoms with E-state index in [1.165, 1.54) is 10.9 Å². The van der Waals surface area contributed by atoms with E-state index in [-0.39, 0.29) is 6.61 Å². The van der Waals surface area contributed by atoms with Gasteiger partial charge in [-0.25, -0.2) is 0 Å². The molecule has 1 aromatic heterocycles. The first-order chi connectivity index (χ1) is 6.83. The smallest absolute Gasteiger partial charge is 0.0604 e. The quantitative estimate of drug-likeness (QED) is 0.771. The minimum Gasteiger partial charge on any atom is -0.395 e. The second-order valence-electron chi connectivity index (χ2n) is 3.32. The van der Waals surface area contributed by atoms with Crippen molar-refractivity contribution in [3.05, 3.63) is 30.5 Å². The summed E-state index contributed by atoms with van der Waals surface area (Å²) in [5, 5.41) is 13.1. The maximum absolute atomic E-state index is 8.74. The molecule has 0 fully saturated rings. The Kier molecular flexibility index (Phi) is 2.41. The summed E-state index contributed by atoms with van der Waals surface area (Å²) in [5.74, 6) is 0. The number of hydrogen-bond acceptors (Lipinski definition) is 2. The first kappa shape index (κ1) is 9.09. The molecule has 3 heteroatoms. The Morgan fingerprint density at radius 2 is 2.14 bits per heavy atom. The van der Waals surface area contributed by atoms with Gasteiger partial charge in [0.05, 0.1) is 12.3 Å². The number of aliphatic hydroxyl groups excluding tert-OH is 1. The summed E-state index contributed by atoms with van der Waals surface area (Å²) in [5.41, 5.74) is 2.28. The molecule has 0 unspecified atom stereocenters. The lowest BCUT2D eigenvalue weighted by molar-refractivity contribution is 0.311. The Morgan fingerprint density at radius 1 is 1.36 bits per heavy atom. The molecular weight excluding hydrogens is 176 g/mol. The Labute approximate surface area is 83.0 Å². The predicted molar refractivity (Wildman–Crippen MR) is 58.5 cm³/mol. The van der Waals surface area contributed by atoms with Gasteiger partial charge in [-0.2, -0.15) is 0 Å². The number of fused-ring (bicyclic) bond motifs is 1. The predicted octanol–water partition coefficient (Wildman–Crippen LogP) is 1.58. The van der Waals surface area contributed by atoms with Crippen LogP contribution in [0.25, 0.3) is 10.9 Å². The molecule has 0 atom stereocenters. The van der Waals surface area contributed by atoms with Crippen LogP contribution in [0.5, 0.6) is 0 Å². The highest BCUT2D eigenvalue weighted by Crippen LogP contribution is 2.24. The van der Waals surface area contributed by atoms with Crippen LogP contribution in [0.15, 0.2) is 30.5 Å². The standard InChI is InChI=1S/C11H14N2O/c1-13-8-10(12-6-7-14)9-4-2-3-5-11(9)13/h2-5,8,12,14H,6-7H2,1H3. The van der Waals surface area contributed by atoms with Gasteiger partial charge in [0, 0.05) is 30.7 Å². The Balaban J connectivity index is 2.44. The first-order valence-corrected chi connectivity index (χ1v) is 4.71. The molecule has 2 N–H and O–H groups in total. The molecule has 0 radical (unpaired) electrons. The Morgan fingerprint density at radius 3 is 2.93 bits per heavy atom. The topological polar surface area (TPSA) is 37.2 Å². The van der Waals surface area contributed by atoms with Gasteiger partial charge in [-0.1, -0.05) is 18.2 Å². The second kappa shape index (κ2) is 3.72. The van der Waals surface area contributed by atoms with Crippen molar-refractivity contribution in [2.45, 2.75) is 0 Å². The third kappa shape index (κ3) is 1.46. The van der Waals surface area contributed by atoms with Crippen LogP contribution in [-0.4, -0.2) is 22.8 Å². The first-order valence-electron chi connectivity index (χ1n) is 4.71. The zero-order valence-corrected chi connectivity index (χ0v) is 8.20. The van der Waals surface area contributed by atoms with Crippen molar-refractivity contribution < 1.29 is 5.11 Å². The minimum absolute atomic E-state index is 0.156. The summed E-state index contributed by atoms with van der Waals surface area (Å²) in [6.45, 7) is 0.747. The van der Waals surface area contributed by atoms with E-state index in [0.29, 0.717) is 6.54 Å². The fraction of sp³-hybridized carbons (Fsp3) is 0.273. The average Bonchev–Trinajstić information content (AvgIpc) is 2.54. The molecule has 14 heavy (non-hydrogen) atoms. The number of para-hydroxylation sites is 1. The molecular formula is C11H14N2O. The van der Waals surface area contributed by atoms with Gasteiger partial charge < -0.3 is 15.0 Å². The van der Waals surface area contributed by atoms with Crippen LogP contribution in [-0.2, 0) is 7.05 Å². The van der Waals surface area contributed by atoms with Crippen LogP contribution in [0.2, 0.25) is 0 Å². The SMILES string of the molecule is Cn1cc(NCCO)c2ccccc21. The van der Waals surface area contributed by atoms with Gasteiger partial charge in [-0.05, 0) is 6.07 Å². The molecule has 0 saturated heterocycles. The third-order valence-electron chi connectivity index (χ3n) is 2.32. The molecule has 3 nitrogen and oxygen atoms in total. The van der Waals surface area contributed by atoms with Crippen molar-refractivity contribution in [2.24, 2.45) is 7.05 Å². The number of aromatic nitrogens is 1. The van der Waals surface area contributed by atoms with Gasteiger partial charge in [-0.15, -0.1) is 0 Å². The number of nitrogens with zero attached hydrogens (tertiary/aromatic N) is 1. The maximum Gasteiger partial charge on any atom is 0.0604 e. The highest BCUT2D eigenvalue weighted by Gasteiger charge is 2.03. The third-order valence-corrected chi connectivity index (χ3v) is 2.32. The van der Waals surface area contributed by atoms with Crippen molar-refractivity contribution in [3.63, 3.8) is 0 Å². The molecule has 2 aromatic rings. The van der Waals surface area contributed by atoms with E-state index in [1.807, 2.05) is 25.4 Å². The van der Waals surface area contributed by atoms with Gasteiger partial charge in [0.1, 0.15) is 0 Å². The van der Waals surface area contributed by atoms with Gasteiger partial charge >= 0.3 is 0 Å². The molecule has 0 aliphatic carbocycles. The zero-order valence-electron chi connectivity index (χ0n) is 8.20. The normalized spacial score (nSPS) is 10.7. The fourth-order valence-corrected chi connectivity index (χ4v) is 1.67. The van der Waals surface area contributed by atoms with Crippen LogP contribution in [0, 0.1) is 0 Å². The molecule has 0 aliphatic heterocycles. The van der Waals surface area contributed by atoms with E-state index in [9.17, 15) is 0 Å². The largest absolute Gasteiger partial charge is 0.395 e. The Hall–Kier alpha value is -1.48. The van der Waals surface area contributed by atoms with Crippen molar-refractivity contribution in [1.82, 2.24) is 4.57 Å². The van der Waals surface area contributed by atoms with Crippen molar-refractivity contribution in [2.75, 3.05) is 18.5 Å². The van der Waals surface area contributed by atoms with E-state index in [0.717, 1.165) is 5.69 Å². The summed E-state index contributed by atoms with van der Waals surface area (Å²) in [4.78, 5) is 0. The summed E-state index contributed by atoms with van der Waals surface area (Å²) < 4.78 is 2.08. The number of anilines is 1. The van der Waals surface area contributed by atoms with Crippen LogP contribution in [0.4, 0.5) is 5.69 Å². The van der Waals surface area contributed by atoms with E-state index >= 15 is 0 Å². The van der Waals surface area contributed by atoms with Gasteiger partial charge in [0.25, 0.3) is 0 Å². The van der Waals surface area contributed by atoms with E-state index < -0.39 is 0 Å². The number of benzene rings is 1. The van der Waals surface area contributed by atoms with Crippen molar-refractivity contribution in [3.8, 4) is 0 Å². The monoisotopic (exact) mass is 190 g/mol. The number of hydrogen-bond donors (Lipinski definition) is 2. The summed E-state index contributed by atoms with van der Waals surface area (Å²) in [6, 6.07) is 8.21. The molecule has 74 valence electrons. The highest BCUT2D eigenvalue weighted by atomic mass is 16.3. The van der Waals surface area contributed by atoms with E-state index in [1.54, 1.807) is 0 Å². The van der Waals surface area contributed by atoms with E-state index in [4.69, 9.17) is 5.11 Å². The number of rotatable bonds is 3. The van der Waals surface area contributed by atoms with Crippen LogP contribution in [0.1, 0.15) is 0 Å². The lowest BCUT2D eigenvalue weighted by Crippen LogP contribution is -2.04. The van der Waals surface area contributed by atoms with Gasteiger partial charge in [0.15, 0.2) is 0 Å². The Bertz CT molecular complexity index is 434. The van der Waals surface area contributed by atoms with Crippen molar-refractivity contribution in [1.29, 1.82) is 0 Å². The molecule has 0 spiro atoms. The van der Waals surface area contributed by atoms with Crippen molar-refractivity contribution >= 4 is 16.6 Å². The summed E-state index contributed by atoms with van der Waals surface area (Å²) in [7, 11) is 2.02. The number of nitrogens with one attached hydrogen (secondary N) is 1. The number of aliphatic hydroxyl groups is 1. The van der Waals surface area contributed by atoms with Gasteiger partial charge in [-0.3, -0.25) is 0 Å². The average molecular weight is 190 g/mol. The molecule has 1 heterocycles. The highest BCUT2D eigenvalue weighted by molar-refractivity contribution is 5.92. The van der Waals surface area contributed by atoms with Crippen LogP contribution in [0.3, 0.4) is 0 Å². The maximum atomic E-state index is 8.74. The molecule has 0 aliphatic rings. The molecule has 0 saturated carbocycles. The van der Waals surface area contributed by atoms with Crippen LogP contribution < -0.4 is 5.32 Å². The fourth-order valence-electron chi connectivity index (χ4n) is 1.67. The van der Waals surface area contributed by atoms with Gasteiger partial charge in [0.2, 0.25) is 0 Å². The molecule has 2 rings (SSSR count). The summed E-state index contributed by atoms with van der Waals surface area (Å²) in [6.07, 6.45) is 2.04.